The van der Waals surface area contributed by atoms with E-state index in [1.807, 2.05) is 12.1 Å². The number of hydrogen-bond donors (Lipinski definition) is 2. The summed E-state index contributed by atoms with van der Waals surface area (Å²) in [6, 6.07) is 3.76. The van der Waals surface area contributed by atoms with Gasteiger partial charge in [-0.3, -0.25) is 5.10 Å². The van der Waals surface area contributed by atoms with Crippen LogP contribution in [0.3, 0.4) is 0 Å². The highest BCUT2D eigenvalue weighted by molar-refractivity contribution is 6.32. The third-order valence-corrected chi connectivity index (χ3v) is 4.56. The molecule has 21 heavy (non-hydrogen) atoms. The zero-order valence-electron chi connectivity index (χ0n) is 12.2. The third-order valence-electron chi connectivity index (χ3n) is 4.23. The number of aromatic amines is 1. The molecule has 2 aromatic rings. The number of hydrogen-bond acceptors (Lipinski definition) is 4. The van der Waals surface area contributed by atoms with Crippen molar-refractivity contribution < 1.29 is 5.11 Å². The molecule has 1 aromatic heterocycles. The lowest BCUT2D eigenvalue weighted by Gasteiger charge is -2.32. The first kappa shape index (κ1) is 14.8. The average molecular weight is 309 g/mol. The molecular weight excluding hydrogens is 288 g/mol. The van der Waals surface area contributed by atoms with E-state index in [4.69, 9.17) is 11.6 Å². The van der Waals surface area contributed by atoms with Crippen LogP contribution in [0.2, 0.25) is 5.02 Å². The Kier molecular flexibility index (Phi) is 4.45. The summed E-state index contributed by atoms with van der Waals surface area (Å²) in [5.41, 5.74) is 1.69. The van der Waals surface area contributed by atoms with E-state index < -0.39 is 6.10 Å². The van der Waals surface area contributed by atoms with Crippen molar-refractivity contribution in [1.82, 2.24) is 20.0 Å². The minimum absolute atomic E-state index is 0.531. The van der Waals surface area contributed by atoms with Crippen LogP contribution in [0, 0.1) is 0 Å². The lowest BCUT2D eigenvalue weighted by molar-refractivity contribution is 0.113. The first-order valence-electron chi connectivity index (χ1n) is 7.35. The first-order chi connectivity index (χ1) is 10.1. The fourth-order valence-corrected chi connectivity index (χ4v) is 3.06. The Hall–Kier alpha value is -1.14. The molecule has 0 bridgehead atoms. The van der Waals surface area contributed by atoms with Crippen molar-refractivity contribution in [2.75, 3.05) is 39.8 Å². The van der Waals surface area contributed by atoms with Gasteiger partial charge in [-0.15, -0.1) is 0 Å². The number of fused-ring (bicyclic) bond motifs is 1. The largest absolute Gasteiger partial charge is 0.388 e. The minimum atomic E-state index is -0.531. The first-order valence-corrected chi connectivity index (χ1v) is 7.73. The Morgan fingerprint density at radius 2 is 2.10 bits per heavy atom. The van der Waals surface area contributed by atoms with Crippen LogP contribution in [0.25, 0.3) is 10.9 Å². The van der Waals surface area contributed by atoms with Crippen molar-refractivity contribution >= 4 is 22.5 Å². The van der Waals surface area contributed by atoms with Gasteiger partial charge in [-0.2, -0.15) is 5.10 Å². The number of benzene rings is 1. The molecule has 1 aliphatic rings. The summed E-state index contributed by atoms with van der Waals surface area (Å²) in [5, 5.41) is 18.9. The summed E-state index contributed by atoms with van der Waals surface area (Å²) in [6.45, 7) is 5.22. The Morgan fingerprint density at radius 3 is 2.86 bits per heavy atom. The van der Waals surface area contributed by atoms with Crippen LogP contribution in [0.15, 0.2) is 18.3 Å². The molecule has 0 amide bonds. The molecule has 3 rings (SSSR count). The van der Waals surface area contributed by atoms with Crippen molar-refractivity contribution in [3.63, 3.8) is 0 Å². The molecule has 5 nitrogen and oxygen atoms in total. The van der Waals surface area contributed by atoms with E-state index in [-0.39, 0.29) is 0 Å². The Bertz CT molecular complexity index is 607. The van der Waals surface area contributed by atoms with Crippen LogP contribution >= 0.6 is 11.6 Å². The van der Waals surface area contributed by atoms with E-state index in [0.29, 0.717) is 11.4 Å². The number of halogens is 1. The van der Waals surface area contributed by atoms with Crippen molar-refractivity contribution in [2.24, 2.45) is 0 Å². The van der Waals surface area contributed by atoms with Gasteiger partial charge < -0.3 is 14.9 Å². The summed E-state index contributed by atoms with van der Waals surface area (Å²) in [7, 11) is 2.14. The maximum absolute atomic E-state index is 10.4. The Balaban J connectivity index is 1.63. The summed E-state index contributed by atoms with van der Waals surface area (Å²) in [6.07, 6.45) is 1.92. The zero-order chi connectivity index (χ0) is 14.8. The van der Waals surface area contributed by atoms with Crippen LogP contribution < -0.4 is 0 Å². The molecule has 0 aliphatic carbocycles. The second kappa shape index (κ2) is 6.32. The monoisotopic (exact) mass is 308 g/mol. The summed E-state index contributed by atoms with van der Waals surface area (Å²) < 4.78 is 0. The highest BCUT2D eigenvalue weighted by Gasteiger charge is 2.17. The van der Waals surface area contributed by atoms with E-state index in [1.165, 1.54) is 0 Å². The smallest absolute Gasteiger partial charge is 0.0816 e. The van der Waals surface area contributed by atoms with Crippen LogP contribution in [0.5, 0.6) is 0 Å². The molecule has 1 aliphatic heterocycles. The summed E-state index contributed by atoms with van der Waals surface area (Å²) in [4.78, 5) is 4.73. The van der Waals surface area contributed by atoms with Gasteiger partial charge in [-0.25, -0.2) is 0 Å². The number of piperazine rings is 1. The van der Waals surface area contributed by atoms with E-state index in [1.54, 1.807) is 6.20 Å². The standard InChI is InChI=1S/C15H21ClN4O/c1-19-4-6-20(7-5-19)3-2-15(21)12-8-11-10-17-18-14(11)9-13(12)16/h8-10,15,21H,2-7H2,1H3,(H,17,18). The van der Waals surface area contributed by atoms with Crippen molar-refractivity contribution in [3.8, 4) is 0 Å². The molecule has 0 radical (unpaired) electrons. The highest BCUT2D eigenvalue weighted by atomic mass is 35.5. The van der Waals surface area contributed by atoms with E-state index in [0.717, 1.165) is 49.2 Å². The number of aliphatic hydroxyl groups is 1. The number of nitrogens with zero attached hydrogens (tertiary/aromatic N) is 3. The molecule has 2 N–H and O–H groups in total. The molecule has 1 unspecified atom stereocenters. The minimum Gasteiger partial charge on any atom is -0.388 e. The van der Waals surface area contributed by atoms with Crippen molar-refractivity contribution in [1.29, 1.82) is 0 Å². The predicted octanol–water partition coefficient (Wildman–Crippen LogP) is 1.89. The fraction of sp³-hybridized carbons (Fsp3) is 0.533. The van der Waals surface area contributed by atoms with E-state index in [2.05, 4.69) is 27.0 Å². The zero-order valence-corrected chi connectivity index (χ0v) is 13.0. The van der Waals surface area contributed by atoms with Gasteiger partial charge in [0.15, 0.2) is 0 Å². The topological polar surface area (TPSA) is 55.4 Å². The van der Waals surface area contributed by atoms with Crippen LogP contribution in [-0.2, 0) is 0 Å². The summed E-state index contributed by atoms with van der Waals surface area (Å²) in [5.74, 6) is 0. The van der Waals surface area contributed by atoms with Gasteiger partial charge >= 0.3 is 0 Å². The van der Waals surface area contributed by atoms with Gasteiger partial charge in [0, 0.05) is 43.1 Å². The molecule has 1 atom stereocenters. The Labute approximate surface area is 129 Å². The third kappa shape index (κ3) is 3.37. The molecule has 0 spiro atoms. The number of nitrogens with one attached hydrogen (secondary N) is 1. The molecule has 1 aromatic carbocycles. The van der Waals surface area contributed by atoms with Crippen LogP contribution in [0.1, 0.15) is 18.1 Å². The summed E-state index contributed by atoms with van der Waals surface area (Å²) >= 11 is 6.27. The molecule has 1 fully saturated rings. The van der Waals surface area contributed by atoms with Crippen LogP contribution in [-0.4, -0.2) is 64.9 Å². The number of H-pyrrole nitrogens is 1. The second-order valence-corrected chi connectivity index (χ2v) is 6.19. The SMILES string of the molecule is CN1CCN(CCC(O)c2cc3cn[nH]c3cc2Cl)CC1. The van der Waals surface area contributed by atoms with Gasteiger partial charge in [0.05, 0.1) is 17.8 Å². The molecule has 114 valence electrons. The maximum Gasteiger partial charge on any atom is 0.0816 e. The maximum atomic E-state index is 10.4. The number of rotatable bonds is 4. The quantitative estimate of drug-likeness (QED) is 0.905. The highest BCUT2D eigenvalue weighted by Crippen LogP contribution is 2.29. The van der Waals surface area contributed by atoms with Gasteiger partial charge in [0.25, 0.3) is 0 Å². The number of aromatic nitrogens is 2. The van der Waals surface area contributed by atoms with Gasteiger partial charge in [0.2, 0.25) is 0 Å². The molecular formula is C15H21ClN4O. The normalized spacial score (nSPS) is 19.2. The molecule has 1 saturated heterocycles. The molecule has 6 heteroatoms. The van der Waals surface area contributed by atoms with E-state index in [9.17, 15) is 5.11 Å². The lowest BCUT2D eigenvalue weighted by atomic mass is 10.0. The van der Waals surface area contributed by atoms with E-state index >= 15 is 0 Å². The fourth-order valence-electron chi connectivity index (χ4n) is 2.77. The predicted molar refractivity (Wildman–Crippen MR) is 84.6 cm³/mol. The molecule has 0 saturated carbocycles. The van der Waals surface area contributed by atoms with Crippen molar-refractivity contribution in [3.05, 3.63) is 28.9 Å². The lowest BCUT2D eigenvalue weighted by Crippen LogP contribution is -2.44. The number of aliphatic hydroxyl groups excluding tert-OH is 1. The van der Waals surface area contributed by atoms with Gasteiger partial charge in [-0.1, -0.05) is 11.6 Å². The Morgan fingerprint density at radius 1 is 1.33 bits per heavy atom. The van der Waals surface area contributed by atoms with Gasteiger partial charge in [-0.05, 0) is 31.2 Å². The average Bonchev–Trinajstić information content (AvgIpc) is 2.92. The van der Waals surface area contributed by atoms with Gasteiger partial charge in [0.1, 0.15) is 0 Å². The second-order valence-electron chi connectivity index (χ2n) is 5.78. The van der Waals surface area contributed by atoms with Crippen molar-refractivity contribution in [2.45, 2.75) is 12.5 Å². The number of likely N-dealkylation sites (N-methyl/N-ethyl adjacent to an activating group) is 1. The van der Waals surface area contributed by atoms with Crippen LogP contribution in [0.4, 0.5) is 0 Å². The molecule has 2 heterocycles.